The summed E-state index contributed by atoms with van der Waals surface area (Å²) in [6.45, 7) is 1.82. The van der Waals surface area contributed by atoms with Crippen molar-refractivity contribution in [2.24, 2.45) is 5.92 Å². The molecular formula is C11H17NO. The molecule has 0 aliphatic carbocycles. The first-order valence-electron chi connectivity index (χ1n) is 5.05. The fraction of sp³-hybridized carbons (Fsp3) is 0.727. The number of rotatable bonds is 4. The Morgan fingerprint density at radius 3 is 2.85 bits per heavy atom. The zero-order valence-corrected chi connectivity index (χ0v) is 8.04. The molecule has 2 heteroatoms. The summed E-state index contributed by atoms with van der Waals surface area (Å²) in [6.07, 6.45) is 9.55. The van der Waals surface area contributed by atoms with E-state index in [2.05, 4.69) is 18.2 Å². The molecule has 0 N–H and O–H groups in total. The van der Waals surface area contributed by atoms with Crippen LogP contribution in [0, 0.1) is 17.2 Å². The van der Waals surface area contributed by atoms with Gasteiger partial charge in [-0.05, 0) is 31.6 Å². The third kappa shape index (κ3) is 4.69. The van der Waals surface area contributed by atoms with Gasteiger partial charge in [-0.1, -0.05) is 12.2 Å². The molecule has 0 saturated carbocycles. The molecule has 1 saturated heterocycles. The van der Waals surface area contributed by atoms with Gasteiger partial charge in [0.05, 0.1) is 6.07 Å². The van der Waals surface area contributed by atoms with Gasteiger partial charge in [0.2, 0.25) is 0 Å². The number of hydrogen-bond acceptors (Lipinski definition) is 2. The van der Waals surface area contributed by atoms with E-state index in [1.54, 1.807) is 0 Å². The first kappa shape index (κ1) is 10.3. The Kier molecular flexibility index (Phi) is 5.28. The first-order valence-corrected chi connectivity index (χ1v) is 5.05. The van der Waals surface area contributed by atoms with E-state index in [1.165, 1.54) is 0 Å². The maximum Gasteiger partial charge on any atom is 0.0621 e. The number of nitrogens with zero attached hydrogens (tertiary/aromatic N) is 1. The van der Waals surface area contributed by atoms with Crippen LogP contribution in [0.4, 0.5) is 0 Å². The van der Waals surface area contributed by atoms with Gasteiger partial charge in [0.25, 0.3) is 0 Å². The summed E-state index contributed by atoms with van der Waals surface area (Å²) in [5, 5.41) is 8.32. The van der Waals surface area contributed by atoms with Crippen LogP contribution in [0.25, 0.3) is 0 Å². The van der Waals surface area contributed by atoms with Crippen molar-refractivity contribution in [2.75, 3.05) is 13.2 Å². The Morgan fingerprint density at radius 2 is 2.15 bits per heavy atom. The second-order valence-electron chi connectivity index (χ2n) is 3.43. The van der Waals surface area contributed by atoms with Gasteiger partial charge in [0.15, 0.2) is 0 Å². The number of hydrogen-bond donors (Lipinski definition) is 0. The van der Waals surface area contributed by atoms with Crippen LogP contribution in [0.1, 0.15) is 32.1 Å². The predicted octanol–water partition coefficient (Wildman–Crippen LogP) is 2.66. The molecule has 0 aromatic carbocycles. The first-order chi connectivity index (χ1) is 6.43. The molecule has 1 aliphatic heterocycles. The predicted molar refractivity (Wildman–Crippen MR) is 52.1 cm³/mol. The SMILES string of the molecule is N#CCCC/C=C/C1CCOCC1. The fourth-order valence-electron chi connectivity index (χ4n) is 1.50. The van der Waals surface area contributed by atoms with Crippen molar-refractivity contribution in [3.05, 3.63) is 12.2 Å². The highest BCUT2D eigenvalue weighted by molar-refractivity contribution is 4.89. The van der Waals surface area contributed by atoms with Crippen molar-refractivity contribution in [1.29, 1.82) is 5.26 Å². The molecule has 0 aromatic rings. The summed E-state index contributed by atoms with van der Waals surface area (Å²) >= 11 is 0. The summed E-state index contributed by atoms with van der Waals surface area (Å²) in [5.41, 5.74) is 0. The Hall–Kier alpha value is -0.810. The summed E-state index contributed by atoms with van der Waals surface area (Å²) in [4.78, 5) is 0. The Morgan fingerprint density at radius 1 is 1.38 bits per heavy atom. The molecule has 72 valence electrons. The van der Waals surface area contributed by atoms with E-state index in [1.807, 2.05) is 0 Å². The summed E-state index contributed by atoms with van der Waals surface area (Å²) in [7, 11) is 0. The monoisotopic (exact) mass is 179 g/mol. The van der Waals surface area contributed by atoms with Crippen LogP contribution in [0.3, 0.4) is 0 Å². The maximum atomic E-state index is 8.32. The topological polar surface area (TPSA) is 33.0 Å². The molecule has 0 atom stereocenters. The van der Waals surface area contributed by atoms with Gasteiger partial charge in [0, 0.05) is 19.6 Å². The van der Waals surface area contributed by atoms with Gasteiger partial charge >= 0.3 is 0 Å². The van der Waals surface area contributed by atoms with Crippen molar-refractivity contribution >= 4 is 0 Å². The molecule has 1 aliphatic rings. The molecule has 0 bridgehead atoms. The standard InChI is InChI=1S/C11H17NO/c12-8-4-2-1-3-5-11-6-9-13-10-7-11/h3,5,11H,1-2,4,6-7,9-10H2/b5-3+. The Labute approximate surface area is 80.2 Å². The summed E-state index contributed by atoms with van der Waals surface area (Å²) < 4.78 is 5.27. The normalized spacial score (nSPS) is 19.0. The lowest BCUT2D eigenvalue weighted by Crippen LogP contribution is -2.13. The molecular weight excluding hydrogens is 162 g/mol. The van der Waals surface area contributed by atoms with Gasteiger partial charge in [-0.25, -0.2) is 0 Å². The molecule has 0 amide bonds. The largest absolute Gasteiger partial charge is 0.381 e. The number of allylic oxidation sites excluding steroid dienone is 2. The average Bonchev–Trinajstić information content (AvgIpc) is 2.19. The van der Waals surface area contributed by atoms with Crippen molar-refractivity contribution in [3.8, 4) is 6.07 Å². The van der Waals surface area contributed by atoms with E-state index in [-0.39, 0.29) is 0 Å². The highest BCUT2D eigenvalue weighted by Crippen LogP contribution is 2.16. The van der Waals surface area contributed by atoms with Crippen LogP contribution in [-0.2, 0) is 4.74 Å². The smallest absolute Gasteiger partial charge is 0.0621 e. The lowest BCUT2D eigenvalue weighted by molar-refractivity contribution is 0.0785. The van der Waals surface area contributed by atoms with E-state index in [0.29, 0.717) is 6.42 Å². The molecule has 0 unspecified atom stereocenters. The van der Waals surface area contributed by atoms with Crippen LogP contribution >= 0.6 is 0 Å². The molecule has 1 heterocycles. The summed E-state index contributed by atoms with van der Waals surface area (Å²) in [5.74, 6) is 0.718. The number of nitriles is 1. The minimum atomic E-state index is 0.679. The molecule has 2 nitrogen and oxygen atoms in total. The van der Waals surface area contributed by atoms with Crippen molar-refractivity contribution in [2.45, 2.75) is 32.1 Å². The second-order valence-corrected chi connectivity index (χ2v) is 3.43. The summed E-state index contributed by atoms with van der Waals surface area (Å²) in [6, 6.07) is 2.15. The number of ether oxygens (including phenoxy) is 1. The lowest BCUT2D eigenvalue weighted by atomic mass is 9.99. The van der Waals surface area contributed by atoms with E-state index >= 15 is 0 Å². The third-order valence-electron chi connectivity index (χ3n) is 2.33. The average molecular weight is 179 g/mol. The van der Waals surface area contributed by atoms with Crippen molar-refractivity contribution in [3.63, 3.8) is 0 Å². The van der Waals surface area contributed by atoms with Crippen molar-refractivity contribution in [1.82, 2.24) is 0 Å². The second kappa shape index (κ2) is 6.68. The van der Waals surface area contributed by atoms with E-state index in [0.717, 1.165) is 44.8 Å². The van der Waals surface area contributed by atoms with Crippen LogP contribution < -0.4 is 0 Å². The molecule has 0 radical (unpaired) electrons. The highest BCUT2D eigenvalue weighted by atomic mass is 16.5. The molecule has 0 spiro atoms. The van der Waals surface area contributed by atoms with E-state index in [4.69, 9.17) is 10.00 Å². The quantitative estimate of drug-likeness (QED) is 0.491. The van der Waals surface area contributed by atoms with Gasteiger partial charge in [-0.3, -0.25) is 0 Å². The van der Waals surface area contributed by atoms with Crippen molar-refractivity contribution < 1.29 is 4.74 Å². The van der Waals surface area contributed by atoms with Crippen LogP contribution in [0.5, 0.6) is 0 Å². The Balaban J connectivity index is 2.05. The molecule has 0 aromatic heterocycles. The van der Waals surface area contributed by atoms with Gasteiger partial charge in [-0.15, -0.1) is 0 Å². The van der Waals surface area contributed by atoms with Gasteiger partial charge < -0.3 is 4.74 Å². The van der Waals surface area contributed by atoms with E-state index < -0.39 is 0 Å². The zero-order valence-electron chi connectivity index (χ0n) is 8.04. The van der Waals surface area contributed by atoms with Gasteiger partial charge in [0.1, 0.15) is 0 Å². The number of unbranched alkanes of at least 4 members (excludes halogenated alkanes) is 2. The minimum absolute atomic E-state index is 0.679. The molecule has 1 rings (SSSR count). The van der Waals surface area contributed by atoms with Gasteiger partial charge in [-0.2, -0.15) is 5.26 Å². The fourth-order valence-corrected chi connectivity index (χ4v) is 1.50. The molecule has 13 heavy (non-hydrogen) atoms. The van der Waals surface area contributed by atoms with E-state index in [9.17, 15) is 0 Å². The maximum absolute atomic E-state index is 8.32. The zero-order chi connectivity index (χ0) is 9.36. The van der Waals surface area contributed by atoms with Crippen LogP contribution in [0.2, 0.25) is 0 Å². The molecule has 1 fully saturated rings. The highest BCUT2D eigenvalue weighted by Gasteiger charge is 2.09. The minimum Gasteiger partial charge on any atom is -0.381 e. The third-order valence-corrected chi connectivity index (χ3v) is 2.33. The Bertz CT molecular complexity index is 187. The van der Waals surface area contributed by atoms with Crippen LogP contribution in [-0.4, -0.2) is 13.2 Å². The van der Waals surface area contributed by atoms with Crippen LogP contribution in [0.15, 0.2) is 12.2 Å². The lowest BCUT2D eigenvalue weighted by Gasteiger charge is -2.18.